The Balaban J connectivity index is 1.61. The summed E-state index contributed by atoms with van der Waals surface area (Å²) < 4.78 is 0. The van der Waals surface area contributed by atoms with E-state index in [1.807, 2.05) is 24.3 Å². The summed E-state index contributed by atoms with van der Waals surface area (Å²) in [6, 6.07) is 5.84. The lowest BCUT2D eigenvalue weighted by Crippen LogP contribution is -2.40. The van der Waals surface area contributed by atoms with Gasteiger partial charge in [-0.1, -0.05) is 35.3 Å². The van der Waals surface area contributed by atoms with Crippen molar-refractivity contribution in [1.82, 2.24) is 4.90 Å². The quantitative estimate of drug-likeness (QED) is 0.659. The van der Waals surface area contributed by atoms with Gasteiger partial charge < -0.3 is 4.90 Å². The minimum Gasteiger partial charge on any atom is -0.342 e. The molecule has 0 N–H and O–H groups in total. The molecule has 2 nitrogen and oxygen atoms in total. The van der Waals surface area contributed by atoms with Gasteiger partial charge in [0.15, 0.2) is 0 Å². The molecule has 1 heterocycles. The zero-order valence-electron chi connectivity index (χ0n) is 13.3. The summed E-state index contributed by atoms with van der Waals surface area (Å²) in [6.07, 6.45) is 7.28. The number of amides is 1. The fourth-order valence-electron chi connectivity index (χ4n) is 3.65. The number of rotatable bonds is 5. The van der Waals surface area contributed by atoms with E-state index >= 15 is 0 Å². The minimum absolute atomic E-state index is 0.252. The topological polar surface area (TPSA) is 20.3 Å². The average Bonchev–Trinajstić information content (AvgIpc) is 3.34. The third kappa shape index (κ3) is 3.92. The highest BCUT2D eigenvalue weighted by Crippen LogP contribution is 2.44. The van der Waals surface area contributed by atoms with Crippen LogP contribution in [0.2, 0.25) is 10.0 Å². The van der Waals surface area contributed by atoms with E-state index in [0.717, 1.165) is 45.2 Å². The van der Waals surface area contributed by atoms with Crippen molar-refractivity contribution in [2.75, 3.05) is 13.1 Å². The average molecular weight is 352 g/mol. The maximum atomic E-state index is 12.7. The lowest BCUT2D eigenvalue weighted by atomic mass is 9.90. The number of hydrogen-bond acceptors (Lipinski definition) is 1. The van der Waals surface area contributed by atoms with Crippen LogP contribution in [0.25, 0.3) is 0 Å². The van der Waals surface area contributed by atoms with Gasteiger partial charge in [-0.15, -0.1) is 6.58 Å². The van der Waals surface area contributed by atoms with Crippen molar-refractivity contribution in [1.29, 1.82) is 0 Å². The molecule has 1 saturated carbocycles. The maximum Gasteiger partial charge on any atom is 0.225 e. The predicted octanol–water partition coefficient (Wildman–Crippen LogP) is 5.30. The molecule has 1 aliphatic carbocycles. The standard InChI is InChI=1S/C19H23Cl2NO/c1-2-3-5-14-10-16(14)19(23)22-9-4-6-15(12-22)13-7-8-17(20)18(21)11-13/h2,7-8,11,14-16H,1,3-6,9-10,12H2. The molecule has 0 aromatic heterocycles. The third-order valence-electron chi connectivity index (χ3n) is 5.13. The molecule has 2 fully saturated rings. The SMILES string of the molecule is C=CCCC1CC1C(=O)N1CCCC(c2ccc(Cl)c(Cl)c2)C1. The van der Waals surface area contributed by atoms with Gasteiger partial charge in [-0.05, 0) is 55.7 Å². The van der Waals surface area contributed by atoms with Crippen LogP contribution >= 0.6 is 23.2 Å². The molecule has 1 aromatic rings. The lowest BCUT2D eigenvalue weighted by molar-refractivity contribution is -0.134. The highest BCUT2D eigenvalue weighted by atomic mass is 35.5. The van der Waals surface area contributed by atoms with Crippen molar-refractivity contribution in [3.63, 3.8) is 0 Å². The minimum atomic E-state index is 0.252. The Bertz CT molecular complexity index is 601. The summed E-state index contributed by atoms with van der Waals surface area (Å²) in [5.74, 6) is 1.55. The van der Waals surface area contributed by atoms with Crippen LogP contribution in [0.5, 0.6) is 0 Å². The zero-order chi connectivity index (χ0) is 16.4. The van der Waals surface area contributed by atoms with Crippen LogP contribution in [-0.4, -0.2) is 23.9 Å². The molecule has 1 saturated heterocycles. The summed E-state index contributed by atoms with van der Waals surface area (Å²) >= 11 is 12.1. The van der Waals surface area contributed by atoms with Crippen molar-refractivity contribution >= 4 is 29.1 Å². The van der Waals surface area contributed by atoms with Gasteiger partial charge in [0.2, 0.25) is 5.91 Å². The molecule has 1 aromatic carbocycles. The van der Waals surface area contributed by atoms with Crippen molar-refractivity contribution in [2.24, 2.45) is 11.8 Å². The van der Waals surface area contributed by atoms with Crippen LogP contribution in [0.4, 0.5) is 0 Å². The van der Waals surface area contributed by atoms with Crippen molar-refractivity contribution in [2.45, 2.75) is 38.0 Å². The second kappa shape index (κ2) is 7.27. The van der Waals surface area contributed by atoms with Gasteiger partial charge in [0.1, 0.15) is 0 Å². The number of benzene rings is 1. The van der Waals surface area contributed by atoms with Crippen LogP contribution < -0.4 is 0 Å². The Morgan fingerprint density at radius 1 is 1.35 bits per heavy atom. The molecule has 2 aliphatic rings. The first-order valence-electron chi connectivity index (χ1n) is 8.44. The number of piperidine rings is 1. The van der Waals surface area contributed by atoms with Gasteiger partial charge in [0.05, 0.1) is 10.0 Å². The van der Waals surface area contributed by atoms with E-state index in [2.05, 4.69) is 11.5 Å². The molecule has 23 heavy (non-hydrogen) atoms. The summed E-state index contributed by atoms with van der Waals surface area (Å²) in [5.41, 5.74) is 1.19. The molecule has 0 spiro atoms. The van der Waals surface area contributed by atoms with E-state index in [-0.39, 0.29) is 5.92 Å². The number of likely N-dealkylation sites (tertiary alicyclic amines) is 1. The van der Waals surface area contributed by atoms with E-state index in [9.17, 15) is 4.79 Å². The molecule has 124 valence electrons. The van der Waals surface area contributed by atoms with Crippen LogP contribution in [-0.2, 0) is 4.79 Å². The Labute approximate surface area is 148 Å². The van der Waals surface area contributed by atoms with Crippen LogP contribution in [0.15, 0.2) is 30.9 Å². The molecular formula is C19H23Cl2NO. The summed E-state index contributed by atoms with van der Waals surface area (Å²) in [6.45, 7) is 5.46. The molecule has 0 bridgehead atoms. The number of hydrogen-bond donors (Lipinski definition) is 0. The van der Waals surface area contributed by atoms with Crippen LogP contribution in [0, 0.1) is 11.8 Å². The van der Waals surface area contributed by atoms with Gasteiger partial charge in [-0.3, -0.25) is 4.79 Å². The molecular weight excluding hydrogens is 329 g/mol. The summed E-state index contributed by atoms with van der Waals surface area (Å²) in [5, 5.41) is 1.18. The van der Waals surface area contributed by atoms with Gasteiger partial charge in [0, 0.05) is 24.9 Å². The Hall–Kier alpha value is -0.990. The van der Waals surface area contributed by atoms with Crippen molar-refractivity contribution < 1.29 is 4.79 Å². The number of carbonyl (C=O) groups is 1. The van der Waals surface area contributed by atoms with Crippen LogP contribution in [0.3, 0.4) is 0 Å². The smallest absolute Gasteiger partial charge is 0.225 e. The summed E-state index contributed by atoms with van der Waals surface area (Å²) in [4.78, 5) is 14.7. The molecule has 4 heteroatoms. The Kier molecular flexibility index (Phi) is 5.33. The van der Waals surface area contributed by atoms with Gasteiger partial charge in [0.25, 0.3) is 0 Å². The molecule has 1 amide bonds. The summed E-state index contributed by atoms with van der Waals surface area (Å²) in [7, 11) is 0. The highest BCUT2D eigenvalue weighted by molar-refractivity contribution is 6.42. The van der Waals surface area contributed by atoms with Crippen molar-refractivity contribution in [3.8, 4) is 0 Å². The largest absolute Gasteiger partial charge is 0.342 e. The molecule has 3 atom stereocenters. The van der Waals surface area contributed by atoms with Gasteiger partial charge in [-0.2, -0.15) is 0 Å². The molecule has 0 radical (unpaired) electrons. The normalized spacial score (nSPS) is 26.9. The first-order valence-corrected chi connectivity index (χ1v) is 9.20. The molecule has 1 aliphatic heterocycles. The number of allylic oxidation sites excluding steroid dienone is 1. The predicted molar refractivity (Wildman–Crippen MR) is 96.0 cm³/mol. The van der Waals surface area contributed by atoms with E-state index in [4.69, 9.17) is 23.2 Å². The van der Waals surface area contributed by atoms with Gasteiger partial charge >= 0.3 is 0 Å². The van der Waals surface area contributed by atoms with E-state index < -0.39 is 0 Å². The highest BCUT2D eigenvalue weighted by Gasteiger charge is 2.44. The molecule has 3 unspecified atom stereocenters. The number of nitrogens with zero attached hydrogens (tertiary/aromatic N) is 1. The lowest BCUT2D eigenvalue weighted by Gasteiger charge is -2.33. The second-order valence-electron chi connectivity index (χ2n) is 6.77. The fourth-order valence-corrected chi connectivity index (χ4v) is 3.96. The monoisotopic (exact) mass is 351 g/mol. The fraction of sp³-hybridized carbons (Fsp3) is 0.526. The van der Waals surface area contributed by atoms with Crippen molar-refractivity contribution in [3.05, 3.63) is 46.5 Å². The molecule has 3 rings (SSSR count). The number of carbonyl (C=O) groups excluding carboxylic acids is 1. The first-order chi connectivity index (χ1) is 11.1. The van der Waals surface area contributed by atoms with Crippen LogP contribution in [0.1, 0.15) is 43.6 Å². The zero-order valence-corrected chi connectivity index (χ0v) is 14.8. The first kappa shape index (κ1) is 16.9. The maximum absolute atomic E-state index is 12.7. The van der Waals surface area contributed by atoms with E-state index in [1.54, 1.807) is 0 Å². The van der Waals surface area contributed by atoms with Gasteiger partial charge in [-0.25, -0.2) is 0 Å². The Morgan fingerprint density at radius 2 is 2.17 bits per heavy atom. The number of halogens is 2. The third-order valence-corrected chi connectivity index (χ3v) is 5.87. The van der Waals surface area contributed by atoms with E-state index in [0.29, 0.717) is 27.8 Å². The van der Waals surface area contributed by atoms with E-state index in [1.165, 1.54) is 5.56 Å². The second-order valence-corrected chi connectivity index (χ2v) is 7.58. The Morgan fingerprint density at radius 3 is 2.91 bits per heavy atom.